The predicted molar refractivity (Wildman–Crippen MR) is 84.8 cm³/mol. The van der Waals surface area contributed by atoms with Crippen molar-refractivity contribution in [3.05, 3.63) is 35.9 Å². The molecule has 0 aliphatic rings. The number of hydrogen-bond acceptors (Lipinski definition) is 8. The zero-order chi connectivity index (χ0) is 17.4. The Morgan fingerprint density at radius 2 is 1.79 bits per heavy atom. The fraction of sp³-hybridized carbons (Fsp3) is 0.200. The normalized spacial score (nSPS) is 10.3. The summed E-state index contributed by atoms with van der Waals surface area (Å²) in [5.74, 6) is 1.04. The minimum Gasteiger partial charge on any atom is -0.481 e. The van der Waals surface area contributed by atoms with Crippen molar-refractivity contribution in [2.75, 3.05) is 21.3 Å². The lowest BCUT2D eigenvalue weighted by atomic mass is 10.2. The van der Waals surface area contributed by atoms with Crippen LogP contribution in [0.1, 0.15) is 5.56 Å². The van der Waals surface area contributed by atoms with E-state index in [-0.39, 0.29) is 6.01 Å². The smallest absolute Gasteiger partial charge is 0.427 e. The molecule has 1 amide bonds. The van der Waals surface area contributed by atoms with Crippen LogP contribution in [0.5, 0.6) is 23.5 Å². The van der Waals surface area contributed by atoms with Gasteiger partial charge < -0.3 is 18.9 Å². The molecular formula is C15H16N4O5. The first-order valence-electron chi connectivity index (χ1n) is 6.77. The molecule has 2 aromatic rings. The van der Waals surface area contributed by atoms with Crippen molar-refractivity contribution in [2.45, 2.75) is 0 Å². The van der Waals surface area contributed by atoms with Gasteiger partial charge in [-0.2, -0.15) is 15.1 Å². The highest BCUT2D eigenvalue weighted by Gasteiger charge is 2.09. The van der Waals surface area contributed by atoms with Gasteiger partial charge in [-0.25, -0.2) is 10.2 Å². The number of hydrazone groups is 1. The second kappa shape index (κ2) is 8.32. The van der Waals surface area contributed by atoms with Crippen LogP contribution in [0.3, 0.4) is 0 Å². The van der Waals surface area contributed by atoms with E-state index in [0.29, 0.717) is 23.1 Å². The van der Waals surface area contributed by atoms with Gasteiger partial charge >= 0.3 is 12.1 Å². The standard InChI is InChI=1S/C15H16N4O5/c1-21-12-8-13(22-2)18-14(17-12)24-11-7-5-4-6-10(11)9-16-19-15(20)23-3/h4-9H,1-3H3,(H,19,20). The highest BCUT2D eigenvalue weighted by atomic mass is 16.5. The van der Waals surface area contributed by atoms with Gasteiger partial charge in [-0.15, -0.1) is 0 Å². The maximum Gasteiger partial charge on any atom is 0.427 e. The van der Waals surface area contributed by atoms with Gasteiger partial charge in [0.25, 0.3) is 0 Å². The van der Waals surface area contributed by atoms with Crippen LogP contribution in [0, 0.1) is 0 Å². The average molecular weight is 332 g/mol. The quantitative estimate of drug-likeness (QED) is 0.637. The first-order chi connectivity index (χ1) is 11.7. The summed E-state index contributed by atoms with van der Waals surface area (Å²) in [6.07, 6.45) is 0.731. The van der Waals surface area contributed by atoms with E-state index in [2.05, 4.69) is 25.2 Å². The Hall–Kier alpha value is -3.36. The van der Waals surface area contributed by atoms with Gasteiger partial charge in [-0.1, -0.05) is 12.1 Å². The number of amides is 1. The van der Waals surface area contributed by atoms with Crippen LogP contribution in [0.2, 0.25) is 0 Å². The number of para-hydroxylation sites is 1. The largest absolute Gasteiger partial charge is 0.481 e. The highest BCUT2D eigenvalue weighted by Crippen LogP contribution is 2.25. The van der Waals surface area contributed by atoms with Gasteiger partial charge in [-0.3, -0.25) is 0 Å². The Morgan fingerprint density at radius 3 is 2.42 bits per heavy atom. The van der Waals surface area contributed by atoms with E-state index in [4.69, 9.17) is 14.2 Å². The zero-order valence-corrected chi connectivity index (χ0v) is 13.3. The lowest BCUT2D eigenvalue weighted by Gasteiger charge is -2.09. The van der Waals surface area contributed by atoms with Crippen molar-refractivity contribution in [2.24, 2.45) is 5.10 Å². The van der Waals surface area contributed by atoms with E-state index < -0.39 is 6.09 Å². The highest BCUT2D eigenvalue weighted by molar-refractivity contribution is 5.84. The summed E-state index contributed by atoms with van der Waals surface area (Å²) in [7, 11) is 4.20. The number of carbonyl (C=O) groups is 1. The van der Waals surface area contributed by atoms with Gasteiger partial charge in [0.2, 0.25) is 11.8 Å². The maximum atomic E-state index is 11.0. The third-order valence-corrected chi connectivity index (χ3v) is 2.74. The summed E-state index contributed by atoms with van der Waals surface area (Å²) in [5, 5.41) is 3.76. The van der Waals surface area contributed by atoms with Crippen LogP contribution >= 0.6 is 0 Å². The molecule has 24 heavy (non-hydrogen) atoms. The number of aromatic nitrogens is 2. The fourth-order valence-electron chi connectivity index (χ4n) is 1.62. The number of nitrogens with one attached hydrogen (secondary N) is 1. The van der Waals surface area contributed by atoms with E-state index in [1.807, 2.05) is 0 Å². The summed E-state index contributed by atoms with van der Waals surface area (Å²) < 4.78 is 20.2. The summed E-state index contributed by atoms with van der Waals surface area (Å²) >= 11 is 0. The zero-order valence-electron chi connectivity index (χ0n) is 13.3. The third-order valence-electron chi connectivity index (χ3n) is 2.74. The van der Waals surface area contributed by atoms with Gasteiger partial charge in [-0.05, 0) is 12.1 Å². The number of benzene rings is 1. The average Bonchev–Trinajstić information content (AvgIpc) is 2.62. The second-order valence-corrected chi connectivity index (χ2v) is 4.24. The molecule has 9 nitrogen and oxygen atoms in total. The van der Waals surface area contributed by atoms with E-state index in [1.165, 1.54) is 33.6 Å². The van der Waals surface area contributed by atoms with Crippen molar-refractivity contribution in [1.29, 1.82) is 0 Å². The Bertz CT molecular complexity index is 713. The van der Waals surface area contributed by atoms with Crippen LogP contribution in [0.4, 0.5) is 4.79 Å². The molecule has 2 rings (SSSR count). The Kier molecular flexibility index (Phi) is 5.89. The number of rotatable bonds is 6. The number of hydrogen-bond donors (Lipinski definition) is 1. The fourth-order valence-corrected chi connectivity index (χ4v) is 1.62. The van der Waals surface area contributed by atoms with Crippen molar-refractivity contribution >= 4 is 12.3 Å². The molecule has 1 aromatic carbocycles. The summed E-state index contributed by atoms with van der Waals surface area (Å²) in [6.45, 7) is 0. The van der Waals surface area contributed by atoms with Gasteiger partial charge in [0, 0.05) is 5.56 Å². The molecule has 1 heterocycles. The third kappa shape index (κ3) is 4.57. The molecule has 0 aliphatic heterocycles. The van der Waals surface area contributed by atoms with Crippen LogP contribution in [-0.2, 0) is 4.74 Å². The molecule has 0 bridgehead atoms. The van der Waals surface area contributed by atoms with Crippen LogP contribution < -0.4 is 19.6 Å². The first-order valence-corrected chi connectivity index (χ1v) is 6.77. The molecule has 9 heteroatoms. The van der Waals surface area contributed by atoms with E-state index in [0.717, 1.165) is 0 Å². The molecule has 0 saturated carbocycles. The monoisotopic (exact) mass is 332 g/mol. The van der Waals surface area contributed by atoms with Gasteiger partial charge in [0.15, 0.2) is 0 Å². The molecule has 1 aromatic heterocycles. The minimum absolute atomic E-state index is 0.0491. The number of carbonyl (C=O) groups excluding carboxylic acids is 1. The number of nitrogens with zero attached hydrogens (tertiary/aromatic N) is 3. The number of ether oxygens (including phenoxy) is 4. The van der Waals surface area contributed by atoms with E-state index in [9.17, 15) is 4.79 Å². The van der Waals surface area contributed by atoms with E-state index >= 15 is 0 Å². The SMILES string of the molecule is COC(=O)NN=Cc1ccccc1Oc1nc(OC)cc(OC)n1. The van der Waals surface area contributed by atoms with Crippen LogP contribution in [0.15, 0.2) is 35.4 Å². The summed E-state index contributed by atoms with van der Waals surface area (Å²) in [4.78, 5) is 19.2. The molecule has 0 spiro atoms. The molecule has 0 unspecified atom stereocenters. The molecule has 0 saturated heterocycles. The topological polar surface area (TPSA) is 104 Å². The first kappa shape index (κ1) is 17.0. The van der Waals surface area contributed by atoms with Crippen molar-refractivity contribution < 1.29 is 23.7 Å². The summed E-state index contributed by atoms with van der Waals surface area (Å²) in [6, 6.07) is 8.59. The lowest BCUT2D eigenvalue weighted by molar-refractivity contribution is 0.171. The molecule has 0 radical (unpaired) electrons. The van der Waals surface area contributed by atoms with Crippen LogP contribution in [0.25, 0.3) is 0 Å². The minimum atomic E-state index is -0.675. The van der Waals surface area contributed by atoms with Crippen molar-refractivity contribution in [3.63, 3.8) is 0 Å². The molecule has 126 valence electrons. The molecule has 1 N–H and O–H groups in total. The van der Waals surface area contributed by atoms with Crippen molar-refractivity contribution in [3.8, 4) is 23.5 Å². The van der Waals surface area contributed by atoms with Crippen LogP contribution in [-0.4, -0.2) is 43.6 Å². The second-order valence-electron chi connectivity index (χ2n) is 4.24. The number of methoxy groups -OCH3 is 3. The van der Waals surface area contributed by atoms with Gasteiger partial charge in [0.05, 0.1) is 33.6 Å². The van der Waals surface area contributed by atoms with Gasteiger partial charge in [0.1, 0.15) is 5.75 Å². The predicted octanol–water partition coefficient (Wildman–Crippen LogP) is 1.98. The summed E-state index contributed by atoms with van der Waals surface area (Å²) in [5.41, 5.74) is 2.79. The van der Waals surface area contributed by atoms with E-state index in [1.54, 1.807) is 24.3 Å². The lowest BCUT2D eigenvalue weighted by Crippen LogP contribution is -2.16. The Balaban J connectivity index is 2.22. The van der Waals surface area contributed by atoms with Crippen molar-refractivity contribution in [1.82, 2.24) is 15.4 Å². The molecule has 0 aliphatic carbocycles. The molecule has 0 fully saturated rings. The Morgan fingerprint density at radius 1 is 1.12 bits per heavy atom. The molecule has 0 atom stereocenters. The Labute approximate surface area is 138 Å². The molecular weight excluding hydrogens is 316 g/mol. The maximum absolute atomic E-state index is 11.0.